The van der Waals surface area contributed by atoms with Crippen molar-refractivity contribution in [2.45, 2.75) is 33.4 Å². The zero-order valence-electron chi connectivity index (χ0n) is 14.9. The first-order valence-electron chi connectivity index (χ1n) is 8.52. The number of nitrogens with one attached hydrogen (secondary N) is 1. The van der Waals surface area contributed by atoms with Gasteiger partial charge in [0, 0.05) is 6.54 Å². The lowest BCUT2D eigenvalue weighted by atomic mass is 10.1. The van der Waals surface area contributed by atoms with Crippen molar-refractivity contribution in [1.29, 1.82) is 0 Å². The lowest BCUT2D eigenvalue weighted by Crippen LogP contribution is -2.35. The third-order valence-corrected chi connectivity index (χ3v) is 4.44. The van der Waals surface area contributed by atoms with Crippen molar-refractivity contribution in [2.24, 2.45) is 0 Å². The molecule has 0 spiro atoms. The van der Waals surface area contributed by atoms with Gasteiger partial charge in [0.25, 0.3) is 5.91 Å². The Morgan fingerprint density at radius 1 is 0.960 bits per heavy atom. The van der Waals surface area contributed by atoms with Crippen LogP contribution in [0.1, 0.15) is 23.6 Å². The summed E-state index contributed by atoms with van der Waals surface area (Å²) in [6.45, 7) is 6.35. The zero-order valence-corrected chi connectivity index (χ0v) is 14.9. The molecule has 0 aliphatic carbocycles. The molecule has 0 aliphatic heterocycles. The van der Waals surface area contributed by atoms with Crippen LogP contribution in [0.5, 0.6) is 5.75 Å². The van der Waals surface area contributed by atoms with Gasteiger partial charge in [-0.3, -0.25) is 4.79 Å². The highest BCUT2D eigenvalue weighted by Gasteiger charge is 2.14. The van der Waals surface area contributed by atoms with Crippen LogP contribution in [0.4, 0.5) is 0 Å². The van der Waals surface area contributed by atoms with E-state index >= 15 is 0 Å². The molecule has 0 radical (unpaired) electrons. The molecule has 0 heterocycles. The van der Waals surface area contributed by atoms with Crippen molar-refractivity contribution in [3.8, 4) is 5.75 Å². The summed E-state index contributed by atoms with van der Waals surface area (Å²) in [5.41, 5.74) is 3.44. The van der Waals surface area contributed by atoms with E-state index in [-0.39, 0.29) is 5.91 Å². The number of aryl methyl sites for hydroxylation is 2. The van der Waals surface area contributed by atoms with Gasteiger partial charge in [-0.2, -0.15) is 0 Å². The molecular formula is C22H23NO2. The first-order chi connectivity index (χ1) is 12.0. The van der Waals surface area contributed by atoms with Crippen LogP contribution in [0.25, 0.3) is 10.8 Å². The van der Waals surface area contributed by atoms with E-state index in [1.807, 2.05) is 43.3 Å². The van der Waals surface area contributed by atoms with E-state index in [2.05, 4.69) is 36.5 Å². The summed E-state index contributed by atoms with van der Waals surface area (Å²) in [6, 6.07) is 20.3. The summed E-state index contributed by atoms with van der Waals surface area (Å²) in [5, 5.41) is 5.32. The first-order valence-corrected chi connectivity index (χ1v) is 8.52. The van der Waals surface area contributed by atoms with Gasteiger partial charge in [0.1, 0.15) is 5.75 Å². The fraction of sp³-hybridized carbons (Fsp3) is 0.227. The third kappa shape index (κ3) is 4.18. The second-order valence-electron chi connectivity index (χ2n) is 6.41. The molecule has 128 valence electrons. The maximum atomic E-state index is 12.3. The molecule has 0 aliphatic rings. The number of carbonyl (C=O) groups excluding carboxylic acids is 1. The molecule has 0 unspecified atom stereocenters. The number of amides is 1. The molecule has 0 fully saturated rings. The number of ether oxygens (including phenoxy) is 1. The summed E-state index contributed by atoms with van der Waals surface area (Å²) in [4.78, 5) is 12.3. The molecule has 0 saturated carbocycles. The number of fused-ring (bicyclic) bond motifs is 1. The molecule has 3 aromatic carbocycles. The van der Waals surface area contributed by atoms with E-state index in [9.17, 15) is 4.79 Å². The Labute approximate surface area is 148 Å². The van der Waals surface area contributed by atoms with Gasteiger partial charge in [-0.25, -0.2) is 0 Å². The minimum absolute atomic E-state index is 0.119. The van der Waals surface area contributed by atoms with Crippen molar-refractivity contribution in [3.05, 3.63) is 77.4 Å². The number of hydrogen-bond acceptors (Lipinski definition) is 2. The van der Waals surface area contributed by atoms with Crippen molar-refractivity contribution >= 4 is 16.7 Å². The maximum absolute atomic E-state index is 12.3. The molecule has 1 amide bonds. The fourth-order valence-electron chi connectivity index (χ4n) is 2.73. The Morgan fingerprint density at radius 2 is 1.72 bits per heavy atom. The first kappa shape index (κ1) is 17.0. The molecule has 3 nitrogen and oxygen atoms in total. The highest BCUT2D eigenvalue weighted by atomic mass is 16.5. The number of rotatable bonds is 5. The maximum Gasteiger partial charge on any atom is 0.261 e. The second kappa shape index (κ2) is 7.39. The average Bonchev–Trinajstić information content (AvgIpc) is 2.62. The standard InChI is InChI=1S/C22H23NO2/c1-15-8-11-21(12-16(15)2)25-17(3)22(24)23-14-18-9-10-19-6-4-5-7-20(19)13-18/h4-13,17H,14H2,1-3H3,(H,23,24)/t17-/m1/s1. The molecule has 3 heteroatoms. The van der Waals surface area contributed by atoms with E-state index in [4.69, 9.17) is 4.74 Å². The van der Waals surface area contributed by atoms with E-state index < -0.39 is 6.10 Å². The summed E-state index contributed by atoms with van der Waals surface area (Å²) in [5.74, 6) is 0.600. The van der Waals surface area contributed by atoms with Crippen molar-refractivity contribution < 1.29 is 9.53 Å². The quantitative estimate of drug-likeness (QED) is 0.744. The third-order valence-electron chi connectivity index (χ3n) is 4.44. The van der Waals surface area contributed by atoms with E-state index in [0.717, 1.165) is 16.9 Å². The average molecular weight is 333 g/mol. The lowest BCUT2D eigenvalue weighted by Gasteiger charge is -2.16. The molecule has 0 saturated heterocycles. The SMILES string of the molecule is Cc1ccc(O[C@H](C)C(=O)NCc2ccc3ccccc3c2)cc1C. The van der Waals surface area contributed by atoms with Gasteiger partial charge in [-0.15, -0.1) is 0 Å². The van der Waals surface area contributed by atoms with Crippen LogP contribution in [-0.4, -0.2) is 12.0 Å². The Morgan fingerprint density at radius 3 is 2.48 bits per heavy atom. The number of hydrogen-bond donors (Lipinski definition) is 1. The van der Waals surface area contributed by atoms with Crippen LogP contribution in [0.15, 0.2) is 60.7 Å². The predicted molar refractivity (Wildman–Crippen MR) is 102 cm³/mol. The molecule has 3 aromatic rings. The minimum atomic E-state index is -0.539. The van der Waals surface area contributed by atoms with Crippen molar-refractivity contribution in [1.82, 2.24) is 5.32 Å². The van der Waals surface area contributed by atoms with E-state index in [1.165, 1.54) is 16.3 Å². The lowest BCUT2D eigenvalue weighted by molar-refractivity contribution is -0.127. The van der Waals surface area contributed by atoms with Crippen LogP contribution in [0.3, 0.4) is 0 Å². The summed E-state index contributed by atoms with van der Waals surface area (Å²) in [6.07, 6.45) is -0.539. The number of benzene rings is 3. The minimum Gasteiger partial charge on any atom is -0.481 e. The summed E-state index contributed by atoms with van der Waals surface area (Å²) >= 11 is 0. The van der Waals surface area contributed by atoms with Gasteiger partial charge in [0.15, 0.2) is 6.10 Å². The molecular weight excluding hydrogens is 310 g/mol. The molecule has 25 heavy (non-hydrogen) atoms. The summed E-state index contributed by atoms with van der Waals surface area (Å²) < 4.78 is 5.76. The van der Waals surface area contributed by atoms with Gasteiger partial charge in [0.05, 0.1) is 0 Å². The Hall–Kier alpha value is -2.81. The molecule has 1 N–H and O–H groups in total. The highest BCUT2D eigenvalue weighted by molar-refractivity contribution is 5.83. The number of carbonyl (C=O) groups is 1. The Balaban J connectivity index is 1.59. The zero-order chi connectivity index (χ0) is 17.8. The Bertz CT molecular complexity index is 901. The molecule has 0 aromatic heterocycles. The normalized spacial score (nSPS) is 12.0. The van der Waals surface area contributed by atoms with Gasteiger partial charge in [-0.1, -0.05) is 42.5 Å². The highest BCUT2D eigenvalue weighted by Crippen LogP contribution is 2.18. The monoisotopic (exact) mass is 333 g/mol. The van der Waals surface area contributed by atoms with Crippen molar-refractivity contribution in [2.75, 3.05) is 0 Å². The Kier molecular flexibility index (Phi) is 5.03. The van der Waals surface area contributed by atoms with Crippen LogP contribution in [-0.2, 0) is 11.3 Å². The van der Waals surface area contributed by atoms with Crippen molar-refractivity contribution in [3.63, 3.8) is 0 Å². The van der Waals surface area contributed by atoms with Crippen LogP contribution >= 0.6 is 0 Å². The molecule has 3 rings (SSSR count). The van der Waals surface area contributed by atoms with E-state index in [0.29, 0.717) is 6.54 Å². The van der Waals surface area contributed by atoms with Crippen LogP contribution in [0.2, 0.25) is 0 Å². The van der Waals surface area contributed by atoms with Gasteiger partial charge in [-0.05, 0) is 66.4 Å². The second-order valence-corrected chi connectivity index (χ2v) is 6.41. The van der Waals surface area contributed by atoms with Gasteiger partial charge in [0.2, 0.25) is 0 Å². The van der Waals surface area contributed by atoms with E-state index in [1.54, 1.807) is 6.92 Å². The van der Waals surface area contributed by atoms with Gasteiger partial charge >= 0.3 is 0 Å². The van der Waals surface area contributed by atoms with Crippen LogP contribution in [0, 0.1) is 13.8 Å². The topological polar surface area (TPSA) is 38.3 Å². The smallest absolute Gasteiger partial charge is 0.261 e. The fourth-order valence-corrected chi connectivity index (χ4v) is 2.73. The van der Waals surface area contributed by atoms with Gasteiger partial charge < -0.3 is 10.1 Å². The largest absolute Gasteiger partial charge is 0.481 e. The molecule has 0 bridgehead atoms. The summed E-state index contributed by atoms with van der Waals surface area (Å²) in [7, 11) is 0. The predicted octanol–water partition coefficient (Wildman–Crippen LogP) is 4.54. The van der Waals surface area contributed by atoms with Crippen LogP contribution < -0.4 is 10.1 Å². The molecule has 1 atom stereocenters.